The van der Waals surface area contributed by atoms with Crippen LogP contribution in [0.2, 0.25) is 0 Å². The van der Waals surface area contributed by atoms with Gasteiger partial charge < -0.3 is 9.84 Å². The standard InChI is InChI=1S/C20H22N2O2/c1-15-12-22(14-20(24-15)18-5-3-2-4-6-18)13-19(23)17-9-7-16(11-21)8-10-17/h2-10,15,19-20,23H,12-14H2,1H3. The van der Waals surface area contributed by atoms with Gasteiger partial charge in [-0.05, 0) is 30.2 Å². The number of β-amino-alcohol motifs (C(OH)–C–C–N with tert-alkyl or cyclic N) is 1. The van der Waals surface area contributed by atoms with Crippen LogP contribution in [0.4, 0.5) is 0 Å². The van der Waals surface area contributed by atoms with Crippen molar-refractivity contribution in [2.24, 2.45) is 0 Å². The first-order chi connectivity index (χ1) is 11.7. The van der Waals surface area contributed by atoms with Crippen LogP contribution in [-0.4, -0.2) is 35.7 Å². The van der Waals surface area contributed by atoms with Gasteiger partial charge in [0, 0.05) is 19.6 Å². The number of hydrogen-bond donors (Lipinski definition) is 1. The molecule has 0 radical (unpaired) electrons. The van der Waals surface area contributed by atoms with E-state index in [1.807, 2.05) is 30.3 Å². The van der Waals surface area contributed by atoms with Gasteiger partial charge >= 0.3 is 0 Å². The summed E-state index contributed by atoms with van der Waals surface area (Å²) < 4.78 is 6.06. The fraction of sp³-hybridized carbons (Fsp3) is 0.350. The fourth-order valence-electron chi connectivity index (χ4n) is 3.17. The molecule has 0 saturated carbocycles. The molecule has 1 saturated heterocycles. The van der Waals surface area contributed by atoms with Gasteiger partial charge in [-0.1, -0.05) is 42.5 Å². The quantitative estimate of drug-likeness (QED) is 0.940. The Morgan fingerprint density at radius 2 is 1.88 bits per heavy atom. The Morgan fingerprint density at radius 1 is 1.17 bits per heavy atom. The maximum Gasteiger partial charge on any atom is 0.0991 e. The topological polar surface area (TPSA) is 56.5 Å². The molecule has 1 fully saturated rings. The van der Waals surface area contributed by atoms with Crippen LogP contribution in [0.15, 0.2) is 54.6 Å². The molecule has 2 aromatic carbocycles. The Kier molecular flexibility index (Phi) is 5.27. The van der Waals surface area contributed by atoms with Crippen LogP contribution in [0, 0.1) is 11.3 Å². The van der Waals surface area contributed by atoms with E-state index in [4.69, 9.17) is 10.00 Å². The Balaban J connectivity index is 1.66. The first kappa shape index (κ1) is 16.7. The largest absolute Gasteiger partial charge is 0.387 e. The van der Waals surface area contributed by atoms with Crippen molar-refractivity contribution < 1.29 is 9.84 Å². The zero-order chi connectivity index (χ0) is 16.9. The number of ether oxygens (including phenoxy) is 1. The van der Waals surface area contributed by atoms with E-state index in [2.05, 4.69) is 30.0 Å². The highest BCUT2D eigenvalue weighted by Gasteiger charge is 2.27. The smallest absolute Gasteiger partial charge is 0.0991 e. The molecule has 1 heterocycles. The number of rotatable bonds is 4. The Bertz CT molecular complexity index is 694. The van der Waals surface area contributed by atoms with Crippen LogP contribution in [0.5, 0.6) is 0 Å². The summed E-state index contributed by atoms with van der Waals surface area (Å²) in [5, 5.41) is 19.4. The van der Waals surface area contributed by atoms with E-state index in [1.54, 1.807) is 12.1 Å². The van der Waals surface area contributed by atoms with Crippen molar-refractivity contribution in [3.8, 4) is 6.07 Å². The second-order valence-corrected chi connectivity index (χ2v) is 6.31. The van der Waals surface area contributed by atoms with Gasteiger partial charge in [0.1, 0.15) is 0 Å². The molecule has 4 heteroatoms. The molecule has 0 aliphatic carbocycles. The number of hydrogen-bond acceptors (Lipinski definition) is 4. The molecular formula is C20H22N2O2. The minimum atomic E-state index is -0.570. The molecule has 0 spiro atoms. The third-order valence-corrected chi connectivity index (χ3v) is 4.36. The minimum absolute atomic E-state index is 0.0307. The van der Waals surface area contributed by atoms with Crippen molar-refractivity contribution in [2.45, 2.75) is 25.2 Å². The molecule has 1 aliphatic rings. The average molecular weight is 322 g/mol. The predicted molar refractivity (Wildman–Crippen MR) is 92.3 cm³/mol. The van der Waals surface area contributed by atoms with Crippen molar-refractivity contribution in [1.29, 1.82) is 5.26 Å². The van der Waals surface area contributed by atoms with Crippen LogP contribution in [0.3, 0.4) is 0 Å². The van der Waals surface area contributed by atoms with Crippen LogP contribution in [0.25, 0.3) is 0 Å². The van der Waals surface area contributed by atoms with Crippen molar-refractivity contribution in [3.05, 3.63) is 71.3 Å². The monoisotopic (exact) mass is 322 g/mol. The molecule has 1 N–H and O–H groups in total. The van der Waals surface area contributed by atoms with Gasteiger partial charge in [-0.15, -0.1) is 0 Å². The van der Waals surface area contributed by atoms with E-state index < -0.39 is 6.10 Å². The molecule has 2 aromatic rings. The van der Waals surface area contributed by atoms with E-state index in [0.717, 1.165) is 18.7 Å². The Hall–Kier alpha value is -2.19. The molecule has 3 atom stereocenters. The van der Waals surface area contributed by atoms with E-state index >= 15 is 0 Å². The predicted octanol–water partition coefficient (Wildman–Crippen LogP) is 3.05. The van der Waals surface area contributed by atoms with Gasteiger partial charge in [-0.25, -0.2) is 0 Å². The number of benzene rings is 2. The van der Waals surface area contributed by atoms with Crippen molar-refractivity contribution in [2.75, 3.05) is 19.6 Å². The van der Waals surface area contributed by atoms with Gasteiger partial charge in [0.25, 0.3) is 0 Å². The van der Waals surface area contributed by atoms with Gasteiger partial charge in [0.15, 0.2) is 0 Å². The lowest BCUT2D eigenvalue weighted by atomic mass is 10.0. The van der Waals surface area contributed by atoms with Gasteiger partial charge in [-0.3, -0.25) is 4.90 Å². The summed E-state index contributed by atoms with van der Waals surface area (Å²) in [6, 6.07) is 19.4. The van der Waals surface area contributed by atoms with Crippen LogP contribution in [-0.2, 0) is 4.74 Å². The van der Waals surface area contributed by atoms with Crippen molar-refractivity contribution in [3.63, 3.8) is 0 Å². The lowest BCUT2D eigenvalue weighted by Crippen LogP contribution is -2.44. The zero-order valence-electron chi connectivity index (χ0n) is 13.8. The maximum absolute atomic E-state index is 10.5. The van der Waals surface area contributed by atoms with Crippen molar-refractivity contribution in [1.82, 2.24) is 4.90 Å². The highest BCUT2D eigenvalue weighted by Crippen LogP contribution is 2.26. The molecule has 4 nitrogen and oxygen atoms in total. The van der Waals surface area contributed by atoms with Crippen LogP contribution >= 0.6 is 0 Å². The molecule has 1 aliphatic heterocycles. The summed E-state index contributed by atoms with van der Waals surface area (Å²) in [4.78, 5) is 2.24. The second-order valence-electron chi connectivity index (χ2n) is 6.31. The Morgan fingerprint density at radius 3 is 2.54 bits per heavy atom. The molecule has 124 valence electrons. The second kappa shape index (κ2) is 7.59. The van der Waals surface area contributed by atoms with Gasteiger partial charge in [-0.2, -0.15) is 5.26 Å². The molecular weight excluding hydrogens is 300 g/mol. The van der Waals surface area contributed by atoms with Gasteiger partial charge in [0.05, 0.1) is 29.9 Å². The SMILES string of the molecule is CC1CN(CC(O)c2ccc(C#N)cc2)CC(c2ccccc2)O1. The summed E-state index contributed by atoms with van der Waals surface area (Å²) in [5.41, 5.74) is 2.61. The fourth-order valence-corrected chi connectivity index (χ4v) is 3.17. The maximum atomic E-state index is 10.5. The lowest BCUT2D eigenvalue weighted by molar-refractivity contribution is -0.0869. The number of aliphatic hydroxyl groups is 1. The summed E-state index contributed by atoms with van der Waals surface area (Å²) in [7, 11) is 0. The highest BCUT2D eigenvalue weighted by atomic mass is 16.5. The first-order valence-electron chi connectivity index (χ1n) is 8.26. The van der Waals surface area contributed by atoms with Crippen LogP contribution in [0.1, 0.15) is 35.8 Å². The average Bonchev–Trinajstić information content (AvgIpc) is 2.62. The third-order valence-electron chi connectivity index (χ3n) is 4.36. The van der Waals surface area contributed by atoms with E-state index in [1.165, 1.54) is 5.56 Å². The molecule has 3 unspecified atom stereocenters. The third kappa shape index (κ3) is 4.01. The first-order valence-corrected chi connectivity index (χ1v) is 8.26. The number of aliphatic hydroxyl groups excluding tert-OH is 1. The summed E-state index contributed by atoms with van der Waals surface area (Å²) in [5.74, 6) is 0. The normalized spacial score (nSPS) is 22.7. The van der Waals surface area contributed by atoms with Gasteiger partial charge in [0.2, 0.25) is 0 Å². The number of nitriles is 1. The van der Waals surface area contributed by atoms with Crippen molar-refractivity contribution >= 4 is 0 Å². The lowest BCUT2D eigenvalue weighted by Gasteiger charge is -2.38. The number of nitrogens with zero attached hydrogens (tertiary/aromatic N) is 2. The van der Waals surface area contributed by atoms with E-state index in [9.17, 15) is 5.11 Å². The molecule has 0 bridgehead atoms. The summed E-state index contributed by atoms with van der Waals surface area (Å²) >= 11 is 0. The summed E-state index contributed by atoms with van der Waals surface area (Å²) in [6.45, 7) is 4.19. The van der Waals surface area contributed by atoms with E-state index in [-0.39, 0.29) is 12.2 Å². The molecule has 0 aromatic heterocycles. The van der Waals surface area contributed by atoms with E-state index in [0.29, 0.717) is 12.1 Å². The van der Waals surface area contributed by atoms with Crippen LogP contribution < -0.4 is 0 Å². The molecule has 0 amide bonds. The molecule has 24 heavy (non-hydrogen) atoms. The summed E-state index contributed by atoms with van der Waals surface area (Å²) in [6.07, 6.45) is -0.417. The Labute approximate surface area is 142 Å². The highest BCUT2D eigenvalue weighted by molar-refractivity contribution is 5.32. The minimum Gasteiger partial charge on any atom is -0.387 e. The zero-order valence-corrected chi connectivity index (χ0v) is 13.8. The molecule has 3 rings (SSSR count). The number of morpholine rings is 1.